The number of benzene rings is 1. The molecule has 0 aliphatic rings. The summed E-state index contributed by atoms with van der Waals surface area (Å²) in [6, 6.07) is 3.63. The number of thiol groups is 1. The van der Waals surface area contributed by atoms with Gasteiger partial charge in [0, 0.05) is 0 Å². The Hall–Kier alpha value is 0.860. The number of aromatic nitrogens is 1. The van der Waals surface area contributed by atoms with Crippen LogP contribution in [0.4, 0.5) is 0 Å². The van der Waals surface area contributed by atoms with E-state index in [1.54, 1.807) is 18.5 Å². The fraction of sp³-hybridized carbons (Fsp3) is 0.125. The monoisotopic (exact) mass is 277 g/mol. The first-order valence-corrected chi connectivity index (χ1v) is 5.81. The first-order valence-electron chi connectivity index (χ1n) is 3.83. The van der Waals surface area contributed by atoms with Crippen LogP contribution >= 0.6 is 11.3 Å². The molecule has 1 heterocycles. The van der Waals surface area contributed by atoms with Crippen molar-refractivity contribution in [3.63, 3.8) is 0 Å². The van der Waals surface area contributed by atoms with Crippen LogP contribution in [0.1, 0.15) is 5.56 Å². The zero-order valence-corrected chi connectivity index (χ0v) is 8.97. The molecule has 0 aliphatic heterocycles. The number of fused-ring (bicyclic) bond motifs is 1. The van der Waals surface area contributed by atoms with Crippen molar-refractivity contribution < 1.29 is 12.6 Å². The Bertz CT molecular complexity index is 545. The molecule has 0 N–H and O–H groups in total. The summed E-state index contributed by atoms with van der Waals surface area (Å²) < 4.78 is 26.5. The molecule has 0 amide bonds. The van der Waals surface area contributed by atoms with Gasteiger partial charge in [0.25, 0.3) is 11.0 Å². The van der Waals surface area contributed by atoms with Gasteiger partial charge in [0.15, 0.2) is 5.75 Å². The summed E-state index contributed by atoms with van der Waals surface area (Å²) in [4.78, 5) is 4.07. The fourth-order valence-electron chi connectivity index (χ4n) is 1.19. The summed E-state index contributed by atoms with van der Waals surface area (Å²) in [5, 5.41) is 0. The van der Waals surface area contributed by atoms with E-state index < -0.39 is 11.0 Å². The molecule has 78 valence electrons. The molecule has 8 heteroatoms. The first kappa shape index (κ1) is 16.9. The molecule has 16 heavy (non-hydrogen) atoms. The number of thiazole rings is 1. The second-order valence-corrected chi connectivity index (χ2v) is 4.21. The molecule has 0 unspecified atom stereocenters. The molecule has 0 saturated heterocycles. The molecule has 0 atom stereocenters. The van der Waals surface area contributed by atoms with Gasteiger partial charge in [-0.2, -0.15) is 8.42 Å². The van der Waals surface area contributed by atoms with Crippen molar-refractivity contribution >= 4 is 91.7 Å². The van der Waals surface area contributed by atoms with Crippen molar-refractivity contribution in [3.05, 3.63) is 23.2 Å². The van der Waals surface area contributed by atoms with Crippen LogP contribution in [-0.4, -0.2) is 72.5 Å². The summed E-state index contributed by atoms with van der Waals surface area (Å²) in [5.74, 6) is 0.390. The van der Waals surface area contributed by atoms with Crippen LogP contribution in [0.15, 0.2) is 17.6 Å². The molecule has 0 radical (unpaired) electrons. The summed E-state index contributed by atoms with van der Waals surface area (Å²) >= 11 is 1.37. The maximum absolute atomic E-state index is 10.5. The summed E-state index contributed by atoms with van der Waals surface area (Å²) in [7, 11) is -2.87. The van der Waals surface area contributed by atoms with E-state index in [1.807, 2.05) is 6.07 Å². The van der Waals surface area contributed by atoms with Gasteiger partial charge >= 0.3 is 59.1 Å². The average molecular weight is 277 g/mol. The van der Waals surface area contributed by atoms with Gasteiger partial charge in [0.1, 0.15) is 0 Å². The third-order valence-corrected chi connectivity index (χ3v) is 2.99. The molecule has 2 aromatic rings. The Kier molecular flexibility index (Phi) is 7.72. The first-order chi connectivity index (χ1) is 6.68. The van der Waals surface area contributed by atoms with Crippen LogP contribution in [0.3, 0.4) is 0 Å². The fourth-order valence-corrected chi connectivity index (χ4v) is 2.46. The van der Waals surface area contributed by atoms with Gasteiger partial charge in [-0.3, -0.25) is 0 Å². The minimum absolute atomic E-state index is 0. The topological polar surface area (TPSA) is 56.3 Å². The predicted octanol–water partition coefficient (Wildman–Crippen LogP) is 0.213. The van der Waals surface area contributed by atoms with Crippen molar-refractivity contribution in [3.8, 4) is 5.75 Å². The van der Waals surface area contributed by atoms with Gasteiger partial charge in [0.2, 0.25) is 0 Å². The molecule has 0 spiro atoms. The number of hydrogen-bond donors (Lipinski definition) is 1. The van der Waals surface area contributed by atoms with E-state index in [0.29, 0.717) is 5.75 Å². The van der Waals surface area contributed by atoms with Crippen molar-refractivity contribution in [1.82, 2.24) is 4.98 Å². The van der Waals surface area contributed by atoms with Gasteiger partial charge < -0.3 is 4.18 Å². The quantitative estimate of drug-likeness (QED) is 0.630. The Morgan fingerprint density at radius 2 is 2.00 bits per heavy atom. The van der Waals surface area contributed by atoms with Crippen LogP contribution in [0, 0.1) is 6.92 Å². The normalized spacial score (nSPS) is 9.62. The number of nitrogens with zero attached hydrogens (tertiary/aromatic N) is 1. The molecule has 1 aromatic heterocycles. The van der Waals surface area contributed by atoms with Gasteiger partial charge in [-0.25, -0.2) is 4.98 Å². The van der Waals surface area contributed by atoms with E-state index in [4.69, 9.17) is 4.18 Å². The summed E-state index contributed by atoms with van der Waals surface area (Å²) in [5.41, 5.74) is 3.21. The average Bonchev–Trinajstić information content (AvgIpc) is 2.57. The number of rotatable bonds is 2. The summed E-state index contributed by atoms with van der Waals surface area (Å²) in [6.45, 7) is 1.80. The molecule has 0 fully saturated rings. The minimum atomic E-state index is -2.87. The van der Waals surface area contributed by atoms with Gasteiger partial charge in [-0.15, -0.1) is 11.3 Å². The zero-order valence-electron chi connectivity index (χ0n) is 7.26. The molecule has 1 aromatic carbocycles. The van der Waals surface area contributed by atoms with Crippen LogP contribution in [0.2, 0.25) is 0 Å². The van der Waals surface area contributed by atoms with Crippen molar-refractivity contribution in [2.45, 2.75) is 6.92 Å². The Morgan fingerprint density at radius 3 is 2.62 bits per heavy atom. The third-order valence-electron chi connectivity index (χ3n) is 1.82. The van der Waals surface area contributed by atoms with Crippen molar-refractivity contribution in [2.24, 2.45) is 0 Å². The predicted molar refractivity (Wildman–Crippen MR) is 69.6 cm³/mol. The zero-order chi connectivity index (χ0) is 10.1. The molecule has 0 bridgehead atoms. The summed E-state index contributed by atoms with van der Waals surface area (Å²) in [6.07, 6.45) is 0. The van der Waals surface area contributed by atoms with E-state index >= 15 is 0 Å². The molecule has 2 rings (SSSR count). The standard InChI is InChI=1S/C8H7NO3S2.2Na.2H/c1-5-2-3-6-8(13-4-9-6)7(5)12-14(10)11;;;;/h2-4,14H,1H3;;;;. The molecule has 0 saturated carbocycles. The van der Waals surface area contributed by atoms with Crippen LogP contribution in [0.25, 0.3) is 10.2 Å². The Balaban J connectivity index is 0.00000112. The number of hydrogen-bond acceptors (Lipinski definition) is 5. The Morgan fingerprint density at radius 1 is 1.31 bits per heavy atom. The molecular weight excluding hydrogens is 268 g/mol. The van der Waals surface area contributed by atoms with E-state index in [9.17, 15) is 8.42 Å². The van der Waals surface area contributed by atoms with E-state index in [1.165, 1.54) is 11.3 Å². The van der Waals surface area contributed by atoms with Gasteiger partial charge in [0.05, 0.1) is 15.7 Å². The molecule has 0 aliphatic carbocycles. The van der Waals surface area contributed by atoms with Crippen molar-refractivity contribution in [2.75, 3.05) is 0 Å². The maximum atomic E-state index is 10.5. The van der Waals surface area contributed by atoms with Gasteiger partial charge in [-0.1, -0.05) is 6.07 Å². The van der Waals surface area contributed by atoms with Crippen LogP contribution < -0.4 is 4.18 Å². The Labute approximate surface area is 143 Å². The van der Waals surface area contributed by atoms with Crippen LogP contribution in [-0.2, 0) is 11.0 Å². The van der Waals surface area contributed by atoms with Gasteiger partial charge in [-0.05, 0) is 18.6 Å². The SMILES string of the molecule is Cc1ccc2ncsc2c1O[SH](=O)=O.[NaH].[NaH]. The van der Waals surface area contributed by atoms with Crippen LogP contribution in [0.5, 0.6) is 5.75 Å². The molecular formula is C8H9NNa2O3S2. The van der Waals surface area contributed by atoms with E-state index in [0.717, 1.165) is 15.8 Å². The number of aryl methyl sites for hydroxylation is 1. The second kappa shape index (κ2) is 7.33. The molecule has 4 nitrogen and oxygen atoms in total. The third kappa shape index (κ3) is 3.68. The van der Waals surface area contributed by atoms with E-state index in [2.05, 4.69) is 4.98 Å². The van der Waals surface area contributed by atoms with Crippen molar-refractivity contribution in [1.29, 1.82) is 0 Å². The second-order valence-electron chi connectivity index (χ2n) is 2.73. The van der Waals surface area contributed by atoms with E-state index in [-0.39, 0.29) is 59.1 Å².